The van der Waals surface area contributed by atoms with E-state index >= 15 is 0 Å². The SMILES string of the molecule is CCC(CC(C)c1ccc(O)cc1)c1ccc(OC(C)OCCSC2CCCCC2)cc1. The maximum Gasteiger partial charge on any atom is 0.197 e. The molecule has 2 aromatic rings. The second-order valence-corrected chi connectivity index (χ2v) is 10.5. The van der Waals surface area contributed by atoms with Gasteiger partial charge in [0.1, 0.15) is 11.5 Å². The Labute approximate surface area is 198 Å². The number of hydrogen-bond acceptors (Lipinski definition) is 4. The number of thioether (sulfide) groups is 1. The summed E-state index contributed by atoms with van der Waals surface area (Å²) in [6, 6.07) is 16.1. The molecule has 0 saturated heterocycles. The van der Waals surface area contributed by atoms with Gasteiger partial charge in [0.25, 0.3) is 0 Å². The molecule has 1 saturated carbocycles. The Bertz CT molecular complexity index is 768. The number of ether oxygens (including phenoxy) is 2. The van der Waals surface area contributed by atoms with Crippen molar-refractivity contribution in [3.05, 3.63) is 59.7 Å². The van der Waals surface area contributed by atoms with Crippen molar-refractivity contribution in [1.29, 1.82) is 0 Å². The fourth-order valence-electron chi connectivity index (χ4n) is 4.61. The monoisotopic (exact) mass is 456 g/mol. The number of phenolic OH excluding ortho intramolecular Hbond substituents is 1. The Morgan fingerprint density at radius 1 is 0.938 bits per heavy atom. The highest BCUT2D eigenvalue weighted by Crippen LogP contribution is 2.33. The second-order valence-electron chi connectivity index (χ2n) is 9.09. The molecule has 32 heavy (non-hydrogen) atoms. The first-order valence-corrected chi connectivity index (χ1v) is 13.4. The van der Waals surface area contributed by atoms with Crippen molar-refractivity contribution in [2.45, 2.75) is 89.1 Å². The van der Waals surface area contributed by atoms with Gasteiger partial charge in [-0.2, -0.15) is 11.8 Å². The molecule has 0 heterocycles. The van der Waals surface area contributed by atoms with Gasteiger partial charge in [-0.05, 0) is 79.8 Å². The van der Waals surface area contributed by atoms with Crippen LogP contribution in [0.2, 0.25) is 0 Å². The molecule has 3 unspecified atom stereocenters. The summed E-state index contributed by atoms with van der Waals surface area (Å²) < 4.78 is 11.9. The van der Waals surface area contributed by atoms with Crippen LogP contribution in [0.5, 0.6) is 11.5 Å². The summed E-state index contributed by atoms with van der Waals surface area (Å²) in [4.78, 5) is 0. The first kappa shape index (κ1) is 25.0. The third kappa shape index (κ3) is 8.04. The van der Waals surface area contributed by atoms with E-state index in [4.69, 9.17) is 9.47 Å². The molecule has 1 N–H and O–H groups in total. The van der Waals surface area contributed by atoms with Gasteiger partial charge in [0.2, 0.25) is 0 Å². The van der Waals surface area contributed by atoms with E-state index < -0.39 is 0 Å². The zero-order chi connectivity index (χ0) is 22.8. The summed E-state index contributed by atoms with van der Waals surface area (Å²) in [6.45, 7) is 7.23. The molecule has 0 amide bonds. The molecule has 0 bridgehead atoms. The van der Waals surface area contributed by atoms with Gasteiger partial charge in [-0.3, -0.25) is 0 Å². The Morgan fingerprint density at radius 2 is 1.59 bits per heavy atom. The van der Waals surface area contributed by atoms with Crippen LogP contribution in [0.3, 0.4) is 0 Å². The van der Waals surface area contributed by atoms with Gasteiger partial charge in [0.15, 0.2) is 6.29 Å². The van der Waals surface area contributed by atoms with Gasteiger partial charge in [0.05, 0.1) is 6.61 Å². The van der Waals surface area contributed by atoms with Gasteiger partial charge in [0, 0.05) is 11.0 Å². The van der Waals surface area contributed by atoms with Crippen LogP contribution < -0.4 is 4.74 Å². The average molecular weight is 457 g/mol. The molecule has 3 nitrogen and oxygen atoms in total. The molecule has 0 radical (unpaired) electrons. The molecule has 0 spiro atoms. The Balaban J connectivity index is 1.42. The van der Waals surface area contributed by atoms with Gasteiger partial charge >= 0.3 is 0 Å². The first-order valence-electron chi connectivity index (χ1n) is 12.3. The van der Waals surface area contributed by atoms with Crippen LogP contribution in [-0.4, -0.2) is 29.0 Å². The quantitative estimate of drug-likeness (QED) is 0.260. The second kappa shape index (κ2) is 13.2. The minimum Gasteiger partial charge on any atom is -0.508 e. The minimum absolute atomic E-state index is 0.232. The van der Waals surface area contributed by atoms with Crippen LogP contribution in [0.15, 0.2) is 48.5 Å². The van der Waals surface area contributed by atoms with Crippen molar-refractivity contribution in [2.24, 2.45) is 0 Å². The van der Waals surface area contributed by atoms with Crippen molar-refractivity contribution in [2.75, 3.05) is 12.4 Å². The largest absolute Gasteiger partial charge is 0.508 e. The summed E-state index contributed by atoms with van der Waals surface area (Å²) in [5, 5.41) is 10.4. The van der Waals surface area contributed by atoms with Crippen LogP contribution in [0.4, 0.5) is 0 Å². The number of aromatic hydroxyl groups is 1. The predicted octanol–water partition coefficient (Wildman–Crippen LogP) is 7.89. The van der Waals surface area contributed by atoms with Crippen LogP contribution >= 0.6 is 11.8 Å². The highest BCUT2D eigenvalue weighted by atomic mass is 32.2. The Kier molecular flexibility index (Phi) is 10.3. The zero-order valence-electron chi connectivity index (χ0n) is 20.0. The normalized spacial score (nSPS) is 17.6. The van der Waals surface area contributed by atoms with Gasteiger partial charge in [-0.25, -0.2) is 0 Å². The Morgan fingerprint density at radius 3 is 2.25 bits per heavy atom. The molecular weight excluding hydrogens is 416 g/mol. The summed E-state index contributed by atoms with van der Waals surface area (Å²) in [6.07, 6.45) is 8.88. The van der Waals surface area contributed by atoms with E-state index in [0.29, 0.717) is 17.6 Å². The summed E-state index contributed by atoms with van der Waals surface area (Å²) >= 11 is 2.06. The maximum atomic E-state index is 9.53. The van der Waals surface area contributed by atoms with Gasteiger partial charge in [-0.1, -0.05) is 57.4 Å². The minimum atomic E-state index is -0.232. The molecule has 3 atom stereocenters. The van der Waals surface area contributed by atoms with Crippen LogP contribution in [-0.2, 0) is 4.74 Å². The number of hydrogen-bond donors (Lipinski definition) is 1. The lowest BCUT2D eigenvalue weighted by Crippen LogP contribution is -2.19. The lowest BCUT2D eigenvalue weighted by molar-refractivity contribution is -0.0602. The van der Waals surface area contributed by atoms with Gasteiger partial charge < -0.3 is 14.6 Å². The Hall–Kier alpha value is -1.65. The maximum absolute atomic E-state index is 9.53. The molecule has 176 valence electrons. The molecule has 1 fully saturated rings. The van der Waals surface area contributed by atoms with Crippen molar-refractivity contribution in [3.8, 4) is 11.5 Å². The van der Waals surface area contributed by atoms with Crippen LogP contribution in [0.1, 0.15) is 88.7 Å². The topological polar surface area (TPSA) is 38.7 Å². The fraction of sp³-hybridized carbons (Fsp3) is 0.571. The van der Waals surface area contributed by atoms with E-state index in [2.05, 4.69) is 49.9 Å². The fourth-order valence-corrected chi connectivity index (χ4v) is 5.80. The molecule has 0 aliphatic heterocycles. The standard InChI is InChI=1S/C28H40O3S/c1-4-23(20-21(2)24-10-14-26(29)15-11-24)25-12-16-27(17-13-25)31-22(3)30-18-19-32-28-8-6-5-7-9-28/h10-17,21-23,28-29H,4-9,18-20H2,1-3H3. The number of rotatable bonds is 12. The molecule has 1 aliphatic rings. The van der Waals surface area contributed by atoms with Gasteiger partial charge in [-0.15, -0.1) is 0 Å². The lowest BCUT2D eigenvalue weighted by Gasteiger charge is -2.22. The van der Waals surface area contributed by atoms with E-state index in [1.165, 1.54) is 43.2 Å². The number of benzene rings is 2. The zero-order valence-corrected chi connectivity index (χ0v) is 20.8. The van der Waals surface area contributed by atoms with E-state index in [-0.39, 0.29) is 6.29 Å². The molecule has 0 aromatic heterocycles. The molecule has 1 aliphatic carbocycles. The predicted molar refractivity (Wildman–Crippen MR) is 136 cm³/mol. The van der Waals surface area contributed by atoms with E-state index in [9.17, 15) is 5.11 Å². The lowest BCUT2D eigenvalue weighted by atomic mass is 9.84. The van der Waals surface area contributed by atoms with E-state index in [1.54, 1.807) is 12.1 Å². The van der Waals surface area contributed by atoms with E-state index in [0.717, 1.165) is 36.2 Å². The summed E-state index contributed by atoms with van der Waals surface area (Å²) in [5.41, 5.74) is 2.62. The molecule has 4 heteroatoms. The highest BCUT2D eigenvalue weighted by Gasteiger charge is 2.16. The first-order chi connectivity index (χ1) is 15.5. The third-order valence-corrected chi connectivity index (χ3v) is 7.93. The van der Waals surface area contributed by atoms with Crippen molar-refractivity contribution in [3.63, 3.8) is 0 Å². The van der Waals surface area contributed by atoms with Crippen molar-refractivity contribution < 1.29 is 14.6 Å². The number of phenols is 1. The summed E-state index contributed by atoms with van der Waals surface area (Å²) in [5.74, 6) is 3.18. The van der Waals surface area contributed by atoms with Crippen LogP contribution in [0.25, 0.3) is 0 Å². The average Bonchev–Trinajstić information content (AvgIpc) is 2.82. The molecular formula is C28H40O3S. The van der Waals surface area contributed by atoms with Crippen molar-refractivity contribution in [1.82, 2.24) is 0 Å². The molecule has 2 aromatic carbocycles. The summed E-state index contributed by atoms with van der Waals surface area (Å²) in [7, 11) is 0. The van der Waals surface area contributed by atoms with Crippen molar-refractivity contribution >= 4 is 11.8 Å². The molecule has 3 rings (SSSR count). The van der Waals surface area contributed by atoms with Crippen LogP contribution in [0, 0.1) is 0 Å². The smallest absolute Gasteiger partial charge is 0.197 e. The van der Waals surface area contributed by atoms with E-state index in [1.807, 2.05) is 19.1 Å². The highest BCUT2D eigenvalue weighted by molar-refractivity contribution is 7.99. The third-order valence-electron chi connectivity index (χ3n) is 6.59.